The Morgan fingerprint density at radius 2 is 2.12 bits per heavy atom. The summed E-state index contributed by atoms with van der Waals surface area (Å²) in [5.74, 6) is -0.0850. The third-order valence-corrected chi connectivity index (χ3v) is 2.32. The minimum Gasteiger partial charge on any atom is -0.494 e. The molecule has 0 radical (unpaired) electrons. The molecule has 4 heteroatoms. The lowest BCUT2D eigenvalue weighted by Crippen LogP contribution is -2.26. The number of halogens is 1. The maximum absolute atomic E-state index is 13.7. The fourth-order valence-electron chi connectivity index (χ4n) is 1.43. The summed E-state index contributed by atoms with van der Waals surface area (Å²) in [5, 5.41) is 3.23. The molecule has 0 fully saturated rings. The Labute approximate surface area is 102 Å². The number of hydrogen-bond donors (Lipinski definition) is 1. The van der Waals surface area contributed by atoms with E-state index in [0.29, 0.717) is 18.2 Å². The van der Waals surface area contributed by atoms with E-state index >= 15 is 0 Å². The highest BCUT2D eigenvalue weighted by Gasteiger charge is 2.07. The van der Waals surface area contributed by atoms with E-state index in [4.69, 9.17) is 9.47 Å². The van der Waals surface area contributed by atoms with Gasteiger partial charge in [-0.15, -0.1) is 0 Å². The monoisotopic (exact) mass is 241 g/mol. The number of hydrogen-bond acceptors (Lipinski definition) is 3. The Morgan fingerprint density at radius 3 is 2.76 bits per heavy atom. The van der Waals surface area contributed by atoms with E-state index in [1.165, 1.54) is 7.11 Å². The zero-order valence-electron chi connectivity index (χ0n) is 10.6. The first kappa shape index (κ1) is 13.9. The fraction of sp³-hybridized carbons (Fsp3) is 0.538. The molecule has 3 nitrogen and oxygen atoms in total. The van der Waals surface area contributed by atoms with Crippen LogP contribution in [0.2, 0.25) is 0 Å². The SMILES string of the molecule is COc1cccc(COCCNC(C)C)c1F. The summed E-state index contributed by atoms with van der Waals surface area (Å²) in [4.78, 5) is 0. The molecule has 1 aromatic rings. The highest BCUT2D eigenvalue weighted by atomic mass is 19.1. The molecule has 1 N–H and O–H groups in total. The molecule has 0 unspecified atom stereocenters. The van der Waals surface area contributed by atoms with Gasteiger partial charge in [-0.05, 0) is 6.07 Å². The van der Waals surface area contributed by atoms with Gasteiger partial charge in [-0.3, -0.25) is 0 Å². The summed E-state index contributed by atoms with van der Waals surface area (Å²) >= 11 is 0. The maximum atomic E-state index is 13.7. The van der Waals surface area contributed by atoms with E-state index in [9.17, 15) is 4.39 Å². The van der Waals surface area contributed by atoms with E-state index in [1.54, 1.807) is 18.2 Å². The van der Waals surface area contributed by atoms with Gasteiger partial charge in [-0.2, -0.15) is 0 Å². The van der Waals surface area contributed by atoms with Crippen molar-refractivity contribution in [1.82, 2.24) is 5.32 Å². The van der Waals surface area contributed by atoms with Gasteiger partial charge in [-0.25, -0.2) is 4.39 Å². The summed E-state index contributed by atoms with van der Waals surface area (Å²) in [6.07, 6.45) is 0. The van der Waals surface area contributed by atoms with Crippen molar-refractivity contribution >= 4 is 0 Å². The number of rotatable bonds is 7. The van der Waals surface area contributed by atoms with Crippen LogP contribution in [0.1, 0.15) is 19.4 Å². The molecule has 0 aliphatic carbocycles. The van der Waals surface area contributed by atoms with Crippen molar-refractivity contribution in [2.75, 3.05) is 20.3 Å². The number of benzene rings is 1. The molecule has 0 aliphatic heterocycles. The minimum absolute atomic E-state index is 0.256. The average molecular weight is 241 g/mol. The topological polar surface area (TPSA) is 30.5 Å². The molecule has 96 valence electrons. The van der Waals surface area contributed by atoms with Gasteiger partial charge < -0.3 is 14.8 Å². The lowest BCUT2D eigenvalue weighted by molar-refractivity contribution is 0.118. The minimum atomic E-state index is -0.341. The first-order valence-electron chi connectivity index (χ1n) is 5.77. The highest BCUT2D eigenvalue weighted by Crippen LogP contribution is 2.20. The first-order chi connectivity index (χ1) is 8.15. The molecular weight excluding hydrogens is 221 g/mol. The summed E-state index contributed by atoms with van der Waals surface area (Å²) in [7, 11) is 1.45. The van der Waals surface area contributed by atoms with Crippen molar-refractivity contribution in [2.45, 2.75) is 26.5 Å². The molecule has 0 saturated heterocycles. The van der Waals surface area contributed by atoms with Crippen LogP contribution in [0.4, 0.5) is 4.39 Å². The Hall–Kier alpha value is -1.13. The van der Waals surface area contributed by atoms with Crippen molar-refractivity contribution in [3.8, 4) is 5.75 Å². The molecule has 0 amide bonds. The van der Waals surface area contributed by atoms with Crippen molar-refractivity contribution in [3.05, 3.63) is 29.6 Å². The fourth-order valence-corrected chi connectivity index (χ4v) is 1.43. The molecule has 0 spiro atoms. The van der Waals surface area contributed by atoms with E-state index < -0.39 is 0 Å². The van der Waals surface area contributed by atoms with Gasteiger partial charge in [-0.1, -0.05) is 26.0 Å². The normalized spacial score (nSPS) is 10.9. The van der Waals surface area contributed by atoms with Gasteiger partial charge >= 0.3 is 0 Å². The molecule has 0 aliphatic rings. The maximum Gasteiger partial charge on any atom is 0.170 e. The van der Waals surface area contributed by atoms with Gasteiger partial charge in [0.05, 0.1) is 20.3 Å². The Balaban J connectivity index is 2.36. The molecule has 0 heterocycles. The van der Waals surface area contributed by atoms with Crippen molar-refractivity contribution < 1.29 is 13.9 Å². The zero-order chi connectivity index (χ0) is 12.7. The van der Waals surface area contributed by atoms with E-state index in [2.05, 4.69) is 19.2 Å². The van der Waals surface area contributed by atoms with Crippen LogP contribution in [0.5, 0.6) is 5.75 Å². The molecule has 17 heavy (non-hydrogen) atoms. The Morgan fingerprint density at radius 1 is 1.35 bits per heavy atom. The van der Waals surface area contributed by atoms with Gasteiger partial charge in [0.1, 0.15) is 0 Å². The van der Waals surface area contributed by atoms with Crippen LogP contribution in [0.15, 0.2) is 18.2 Å². The molecule has 1 aromatic carbocycles. The van der Waals surface area contributed by atoms with Gasteiger partial charge in [0.15, 0.2) is 11.6 Å². The third-order valence-electron chi connectivity index (χ3n) is 2.32. The van der Waals surface area contributed by atoms with E-state index in [0.717, 1.165) is 6.54 Å². The molecule has 0 saturated carbocycles. The number of methoxy groups -OCH3 is 1. The van der Waals surface area contributed by atoms with E-state index in [-0.39, 0.29) is 18.2 Å². The first-order valence-corrected chi connectivity index (χ1v) is 5.77. The molecule has 0 atom stereocenters. The highest BCUT2D eigenvalue weighted by molar-refractivity contribution is 5.30. The van der Waals surface area contributed by atoms with Crippen LogP contribution in [0, 0.1) is 5.82 Å². The predicted octanol–water partition coefficient (Wildman–Crippen LogP) is 2.35. The Kier molecular flexibility index (Phi) is 5.94. The second kappa shape index (κ2) is 7.25. The average Bonchev–Trinajstić information content (AvgIpc) is 2.30. The van der Waals surface area contributed by atoms with Crippen LogP contribution in [0.25, 0.3) is 0 Å². The number of ether oxygens (including phenoxy) is 2. The number of nitrogens with one attached hydrogen (secondary N) is 1. The third kappa shape index (κ3) is 4.71. The smallest absolute Gasteiger partial charge is 0.170 e. The summed E-state index contributed by atoms with van der Waals surface area (Å²) < 4.78 is 24.0. The zero-order valence-corrected chi connectivity index (χ0v) is 10.6. The second-order valence-corrected chi connectivity index (χ2v) is 4.09. The predicted molar refractivity (Wildman–Crippen MR) is 65.7 cm³/mol. The van der Waals surface area contributed by atoms with Gasteiger partial charge in [0.25, 0.3) is 0 Å². The summed E-state index contributed by atoms with van der Waals surface area (Å²) in [6.45, 7) is 5.74. The van der Waals surface area contributed by atoms with Crippen LogP contribution < -0.4 is 10.1 Å². The Bertz CT molecular complexity index is 342. The van der Waals surface area contributed by atoms with Crippen LogP contribution in [-0.2, 0) is 11.3 Å². The van der Waals surface area contributed by atoms with Gasteiger partial charge in [0.2, 0.25) is 0 Å². The summed E-state index contributed by atoms with van der Waals surface area (Å²) in [6, 6.07) is 5.49. The molecule has 0 bridgehead atoms. The second-order valence-electron chi connectivity index (χ2n) is 4.09. The van der Waals surface area contributed by atoms with Crippen molar-refractivity contribution in [1.29, 1.82) is 0 Å². The van der Waals surface area contributed by atoms with E-state index in [1.807, 2.05) is 0 Å². The van der Waals surface area contributed by atoms with Crippen LogP contribution in [0.3, 0.4) is 0 Å². The van der Waals surface area contributed by atoms with Crippen LogP contribution >= 0.6 is 0 Å². The molecule has 0 aromatic heterocycles. The van der Waals surface area contributed by atoms with Crippen molar-refractivity contribution in [2.24, 2.45) is 0 Å². The quantitative estimate of drug-likeness (QED) is 0.743. The molecular formula is C13H20FNO2. The standard InChI is InChI=1S/C13H20FNO2/c1-10(2)15-7-8-17-9-11-5-4-6-12(16-3)13(11)14/h4-6,10,15H,7-9H2,1-3H3. The molecule has 1 rings (SSSR count). The lowest BCUT2D eigenvalue weighted by Gasteiger charge is -2.10. The van der Waals surface area contributed by atoms with Gasteiger partial charge in [0, 0.05) is 18.2 Å². The van der Waals surface area contributed by atoms with Crippen LogP contribution in [-0.4, -0.2) is 26.3 Å². The lowest BCUT2D eigenvalue weighted by atomic mass is 10.2. The largest absolute Gasteiger partial charge is 0.494 e. The van der Waals surface area contributed by atoms with Crippen molar-refractivity contribution in [3.63, 3.8) is 0 Å². The summed E-state index contributed by atoms with van der Waals surface area (Å²) in [5.41, 5.74) is 0.522.